The first-order valence-corrected chi connectivity index (χ1v) is 7.32. The third-order valence-electron chi connectivity index (χ3n) is 3.36. The number of fused-ring (bicyclic) bond motifs is 2. The fraction of sp³-hybridized carbons (Fsp3) is 0.308. The molecule has 4 heteroatoms. The molecule has 0 saturated carbocycles. The monoisotopic (exact) mass is 354 g/mol. The van der Waals surface area contributed by atoms with E-state index in [0.717, 1.165) is 38.4 Å². The highest BCUT2D eigenvalue weighted by Gasteiger charge is 2.18. The predicted molar refractivity (Wildman–Crippen MR) is 78.2 cm³/mol. The average molecular weight is 356 g/mol. The summed E-state index contributed by atoms with van der Waals surface area (Å²) in [5.74, 6) is 0. The Morgan fingerprint density at radius 3 is 2.59 bits per heavy atom. The van der Waals surface area contributed by atoms with E-state index in [1.165, 1.54) is 24.1 Å². The summed E-state index contributed by atoms with van der Waals surface area (Å²) in [4.78, 5) is 4.78. The maximum atomic E-state index is 6.32. The maximum Gasteiger partial charge on any atom is 0.0879 e. The number of nitrogens with two attached hydrogens (primary N) is 1. The zero-order valence-electron chi connectivity index (χ0n) is 9.26. The second-order valence-electron chi connectivity index (χ2n) is 4.41. The van der Waals surface area contributed by atoms with E-state index in [9.17, 15) is 0 Å². The summed E-state index contributed by atoms with van der Waals surface area (Å²) in [7, 11) is 0. The Hall–Kier alpha value is -0.610. The van der Waals surface area contributed by atoms with Crippen LogP contribution in [0.5, 0.6) is 0 Å². The first-order chi connectivity index (χ1) is 8.18. The zero-order valence-corrected chi connectivity index (χ0v) is 12.4. The molecule has 2 aromatic rings. The molecule has 1 aromatic carbocycles. The van der Waals surface area contributed by atoms with Crippen molar-refractivity contribution >= 4 is 48.5 Å². The molecule has 0 amide bonds. The van der Waals surface area contributed by atoms with E-state index in [2.05, 4.69) is 31.9 Å². The number of halogens is 2. The molecule has 0 radical (unpaired) electrons. The van der Waals surface area contributed by atoms with Gasteiger partial charge in [-0.1, -0.05) is 15.9 Å². The van der Waals surface area contributed by atoms with Gasteiger partial charge in [0.1, 0.15) is 0 Å². The topological polar surface area (TPSA) is 38.9 Å². The zero-order chi connectivity index (χ0) is 12.0. The predicted octanol–water partition coefficient (Wildman–Crippen LogP) is 4.22. The standard InChI is InChI=1S/C13H12Br2N2/c14-8-5-6-9(15)13-11(8)12(16)7-3-1-2-4-10(7)17-13/h5-6H,1-4H2,(H2,16,17). The Labute approximate surface area is 117 Å². The van der Waals surface area contributed by atoms with Crippen molar-refractivity contribution in [2.75, 3.05) is 5.73 Å². The summed E-state index contributed by atoms with van der Waals surface area (Å²) in [6.07, 6.45) is 4.55. The van der Waals surface area contributed by atoms with Gasteiger partial charge < -0.3 is 5.73 Å². The summed E-state index contributed by atoms with van der Waals surface area (Å²) in [6, 6.07) is 4.02. The van der Waals surface area contributed by atoms with Crippen LogP contribution in [0, 0.1) is 0 Å². The second kappa shape index (κ2) is 4.25. The van der Waals surface area contributed by atoms with Gasteiger partial charge in [0.15, 0.2) is 0 Å². The highest BCUT2D eigenvalue weighted by Crippen LogP contribution is 2.37. The van der Waals surface area contributed by atoms with Gasteiger partial charge in [-0.05, 0) is 59.3 Å². The number of nitrogen functional groups attached to an aromatic ring is 1. The molecule has 1 aliphatic rings. The minimum absolute atomic E-state index is 0.901. The first-order valence-electron chi connectivity index (χ1n) is 5.73. The quantitative estimate of drug-likeness (QED) is 0.768. The number of aromatic nitrogens is 1. The molecule has 0 spiro atoms. The van der Waals surface area contributed by atoms with Gasteiger partial charge in [-0.25, -0.2) is 0 Å². The number of hydrogen-bond donors (Lipinski definition) is 1. The van der Waals surface area contributed by atoms with Crippen molar-refractivity contribution in [3.63, 3.8) is 0 Å². The van der Waals surface area contributed by atoms with Gasteiger partial charge >= 0.3 is 0 Å². The summed E-state index contributed by atoms with van der Waals surface area (Å²) in [5.41, 5.74) is 10.6. The van der Waals surface area contributed by atoms with Crippen LogP contribution in [0.2, 0.25) is 0 Å². The van der Waals surface area contributed by atoms with Crippen LogP contribution in [-0.2, 0) is 12.8 Å². The third-order valence-corrected chi connectivity index (χ3v) is 4.66. The Balaban J connectivity index is 2.44. The number of rotatable bonds is 0. The highest BCUT2D eigenvalue weighted by atomic mass is 79.9. The Bertz CT molecular complexity index is 608. The molecule has 0 atom stereocenters. The van der Waals surface area contributed by atoms with Gasteiger partial charge in [0.05, 0.1) is 5.52 Å². The van der Waals surface area contributed by atoms with Crippen LogP contribution in [0.4, 0.5) is 5.69 Å². The number of hydrogen-bond acceptors (Lipinski definition) is 2. The van der Waals surface area contributed by atoms with E-state index in [-0.39, 0.29) is 0 Å². The first kappa shape index (κ1) is 11.5. The van der Waals surface area contributed by atoms with Gasteiger partial charge in [-0.2, -0.15) is 0 Å². The molecule has 3 rings (SSSR count). The molecule has 88 valence electrons. The fourth-order valence-electron chi connectivity index (χ4n) is 2.50. The third kappa shape index (κ3) is 1.78. The van der Waals surface area contributed by atoms with E-state index in [0.29, 0.717) is 0 Å². The molecule has 1 aromatic heterocycles. The maximum absolute atomic E-state index is 6.32. The van der Waals surface area contributed by atoms with Crippen LogP contribution in [0.1, 0.15) is 24.1 Å². The summed E-state index contributed by atoms with van der Waals surface area (Å²) < 4.78 is 2.03. The second-order valence-corrected chi connectivity index (χ2v) is 6.12. The van der Waals surface area contributed by atoms with Crippen LogP contribution in [0.3, 0.4) is 0 Å². The van der Waals surface area contributed by atoms with Crippen molar-refractivity contribution in [1.82, 2.24) is 4.98 Å². The van der Waals surface area contributed by atoms with Gasteiger partial charge in [0.25, 0.3) is 0 Å². The van der Waals surface area contributed by atoms with Gasteiger partial charge in [0, 0.05) is 25.7 Å². The highest BCUT2D eigenvalue weighted by molar-refractivity contribution is 9.11. The van der Waals surface area contributed by atoms with E-state index >= 15 is 0 Å². The van der Waals surface area contributed by atoms with Crippen LogP contribution in [0.15, 0.2) is 21.1 Å². The fourth-order valence-corrected chi connectivity index (χ4v) is 3.45. The molecule has 17 heavy (non-hydrogen) atoms. The van der Waals surface area contributed by atoms with Crippen molar-refractivity contribution in [1.29, 1.82) is 0 Å². The largest absolute Gasteiger partial charge is 0.398 e. The average Bonchev–Trinajstić information content (AvgIpc) is 2.34. The molecule has 0 aliphatic heterocycles. The van der Waals surface area contributed by atoms with Gasteiger partial charge in [-0.3, -0.25) is 4.98 Å². The molecular formula is C13H12Br2N2. The molecule has 0 saturated heterocycles. The Morgan fingerprint density at radius 2 is 1.76 bits per heavy atom. The summed E-state index contributed by atoms with van der Waals surface area (Å²) in [6.45, 7) is 0. The molecule has 1 heterocycles. The van der Waals surface area contributed by atoms with Crippen molar-refractivity contribution < 1.29 is 0 Å². The Kier molecular flexibility index (Phi) is 2.87. The minimum atomic E-state index is 0.901. The van der Waals surface area contributed by atoms with E-state index < -0.39 is 0 Å². The van der Waals surface area contributed by atoms with Crippen molar-refractivity contribution in [2.45, 2.75) is 25.7 Å². The van der Waals surface area contributed by atoms with Gasteiger partial charge in [0.2, 0.25) is 0 Å². The van der Waals surface area contributed by atoms with Crippen LogP contribution >= 0.6 is 31.9 Å². The molecule has 2 nitrogen and oxygen atoms in total. The lowest BCUT2D eigenvalue weighted by molar-refractivity contribution is 0.673. The lowest BCUT2D eigenvalue weighted by atomic mass is 9.93. The Morgan fingerprint density at radius 1 is 1.06 bits per heavy atom. The lowest BCUT2D eigenvalue weighted by Crippen LogP contribution is -2.09. The minimum Gasteiger partial charge on any atom is -0.398 e. The number of nitrogens with zero attached hydrogens (tertiary/aromatic N) is 1. The number of aryl methyl sites for hydroxylation is 1. The SMILES string of the molecule is Nc1c2c(nc3c(Br)ccc(Br)c13)CCCC2. The van der Waals surface area contributed by atoms with Crippen LogP contribution in [0.25, 0.3) is 10.9 Å². The molecular weight excluding hydrogens is 344 g/mol. The molecule has 1 aliphatic carbocycles. The molecule has 0 fully saturated rings. The lowest BCUT2D eigenvalue weighted by Gasteiger charge is -2.19. The van der Waals surface area contributed by atoms with Gasteiger partial charge in [-0.15, -0.1) is 0 Å². The van der Waals surface area contributed by atoms with Crippen molar-refractivity contribution in [2.24, 2.45) is 0 Å². The van der Waals surface area contributed by atoms with Crippen molar-refractivity contribution in [3.8, 4) is 0 Å². The molecule has 2 N–H and O–H groups in total. The van der Waals surface area contributed by atoms with E-state index in [4.69, 9.17) is 10.7 Å². The number of pyridine rings is 1. The molecule has 0 bridgehead atoms. The molecule has 0 unspecified atom stereocenters. The summed E-state index contributed by atoms with van der Waals surface area (Å²) in [5, 5.41) is 1.04. The van der Waals surface area contributed by atoms with Crippen LogP contribution in [-0.4, -0.2) is 4.98 Å². The normalized spacial score (nSPS) is 14.9. The van der Waals surface area contributed by atoms with E-state index in [1.54, 1.807) is 0 Å². The summed E-state index contributed by atoms with van der Waals surface area (Å²) >= 11 is 7.12. The van der Waals surface area contributed by atoms with Crippen LogP contribution < -0.4 is 5.73 Å². The smallest absolute Gasteiger partial charge is 0.0879 e. The number of benzene rings is 1. The van der Waals surface area contributed by atoms with Crippen molar-refractivity contribution in [3.05, 3.63) is 32.3 Å². The number of anilines is 1. The van der Waals surface area contributed by atoms with E-state index in [1.807, 2.05) is 12.1 Å².